The van der Waals surface area contributed by atoms with Crippen LogP contribution in [0.1, 0.15) is 27.7 Å². The van der Waals surface area contributed by atoms with Crippen molar-refractivity contribution < 1.29 is 23.8 Å². The molecule has 1 aliphatic rings. The molecule has 0 radical (unpaired) electrons. The van der Waals surface area contributed by atoms with Gasteiger partial charge in [0.05, 0.1) is 22.2 Å². The van der Waals surface area contributed by atoms with Gasteiger partial charge in [-0.05, 0) is 61.0 Å². The van der Waals surface area contributed by atoms with Crippen molar-refractivity contribution in [2.45, 2.75) is 6.92 Å². The van der Waals surface area contributed by atoms with Gasteiger partial charge in [-0.3, -0.25) is 0 Å². The highest BCUT2D eigenvalue weighted by molar-refractivity contribution is 7.21. The van der Waals surface area contributed by atoms with Crippen LogP contribution in [-0.2, 0) is 9.53 Å². The summed E-state index contributed by atoms with van der Waals surface area (Å²) in [6.45, 7) is 2.11. The van der Waals surface area contributed by atoms with E-state index in [0.29, 0.717) is 49.0 Å². The molecule has 1 aromatic heterocycles. The molecule has 0 bridgehead atoms. The van der Waals surface area contributed by atoms with Gasteiger partial charge < -0.3 is 14.2 Å². The summed E-state index contributed by atoms with van der Waals surface area (Å²) in [5, 5.41) is 2.29. The van der Waals surface area contributed by atoms with Crippen LogP contribution in [-0.4, -0.2) is 24.4 Å². The average molecular weight is 607 g/mol. The van der Waals surface area contributed by atoms with E-state index in [9.17, 15) is 9.59 Å². The van der Waals surface area contributed by atoms with Crippen LogP contribution in [0.25, 0.3) is 16.2 Å². The summed E-state index contributed by atoms with van der Waals surface area (Å²) in [4.78, 5) is 30.0. The molecule has 0 saturated heterocycles. The quantitative estimate of drug-likeness (QED) is 0.125. The van der Waals surface area contributed by atoms with E-state index in [1.807, 2.05) is 0 Å². The molecule has 0 fully saturated rings. The number of carbonyl (C=O) groups excluding carboxylic acids is 2. The molecular formula is C27H15Cl4NO5S. The molecule has 4 aromatic rings. The molecule has 3 aromatic carbocycles. The van der Waals surface area contributed by atoms with Gasteiger partial charge in [0, 0.05) is 20.1 Å². The molecule has 0 spiro atoms. The van der Waals surface area contributed by atoms with Crippen molar-refractivity contribution in [2.24, 2.45) is 4.99 Å². The average Bonchev–Trinajstić information content (AvgIpc) is 3.39. The second kappa shape index (κ2) is 11.0. The van der Waals surface area contributed by atoms with Crippen molar-refractivity contribution in [3.63, 3.8) is 0 Å². The number of carbonyl (C=O) groups is 2. The minimum Gasteiger partial charge on any atom is -0.490 e. The number of benzene rings is 3. The Morgan fingerprint density at radius 3 is 2.53 bits per heavy atom. The van der Waals surface area contributed by atoms with E-state index < -0.39 is 11.9 Å². The Morgan fingerprint density at radius 2 is 1.76 bits per heavy atom. The first-order valence-electron chi connectivity index (χ1n) is 11.1. The maximum Gasteiger partial charge on any atom is 0.363 e. The van der Waals surface area contributed by atoms with Crippen molar-refractivity contribution in [1.29, 1.82) is 0 Å². The third-order valence-corrected chi connectivity index (χ3v) is 7.75. The standard InChI is InChI=1S/C27H15Cl4NO5S/c1-2-35-21-10-13(9-19-26(33)37-25(32-19)16-6-4-14(28)11-18(16)30)3-8-20(21)36-27(34)24-23(31)17-7-5-15(29)12-22(17)38-24/h3-12H,2H2,1H3/b19-9+. The van der Waals surface area contributed by atoms with Gasteiger partial charge >= 0.3 is 11.9 Å². The van der Waals surface area contributed by atoms with Crippen molar-refractivity contribution in [3.8, 4) is 11.5 Å². The van der Waals surface area contributed by atoms with Gasteiger partial charge in [0.25, 0.3) is 0 Å². The molecule has 0 aliphatic carbocycles. The van der Waals surface area contributed by atoms with Gasteiger partial charge in [-0.25, -0.2) is 14.6 Å². The Labute approximate surface area is 240 Å². The highest BCUT2D eigenvalue weighted by Gasteiger charge is 2.26. The largest absolute Gasteiger partial charge is 0.490 e. The van der Waals surface area contributed by atoms with E-state index in [1.54, 1.807) is 55.5 Å². The number of cyclic esters (lactones) is 1. The van der Waals surface area contributed by atoms with Gasteiger partial charge in [0.1, 0.15) is 4.88 Å². The van der Waals surface area contributed by atoms with Gasteiger partial charge in [-0.2, -0.15) is 0 Å². The summed E-state index contributed by atoms with van der Waals surface area (Å²) < 4.78 is 17.4. The fourth-order valence-electron chi connectivity index (χ4n) is 3.63. The lowest BCUT2D eigenvalue weighted by Crippen LogP contribution is -2.08. The van der Waals surface area contributed by atoms with Gasteiger partial charge in [0.15, 0.2) is 17.2 Å². The molecule has 0 unspecified atom stereocenters. The molecule has 192 valence electrons. The summed E-state index contributed by atoms with van der Waals surface area (Å²) in [7, 11) is 0. The molecule has 0 atom stereocenters. The van der Waals surface area contributed by atoms with E-state index in [-0.39, 0.29) is 22.2 Å². The normalized spacial score (nSPS) is 14.1. The fraction of sp³-hybridized carbons (Fsp3) is 0.0741. The van der Waals surface area contributed by atoms with Crippen molar-refractivity contribution in [1.82, 2.24) is 0 Å². The van der Waals surface area contributed by atoms with Crippen LogP contribution in [0.5, 0.6) is 11.5 Å². The van der Waals surface area contributed by atoms with E-state index in [4.69, 9.17) is 60.6 Å². The van der Waals surface area contributed by atoms with Crippen molar-refractivity contribution in [3.05, 3.63) is 96.4 Å². The number of halogens is 4. The molecule has 38 heavy (non-hydrogen) atoms. The summed E-state index contributed by atoms with van der Waals surface area (Å²) in [5.74, 6) is -0.713. The zero-order valence-electron chi connectivity index (χ0n) is 19.4. The third-order valence-electron chi connectivity index (χ3n) is 5.33. The number of hydrogen-bond acceptors (Lipinski definition) is 7. The molecule has 5 rings (SSSR count). The molecule has 2 heterocycles. The van der Waals surface area contributed by atoms with Crippen molar-refractivity contribution in [2.75, 3.05) is 6.61 Å². The SMILES string of the molecule is CCOc1cc(/C=C2/N=C(c3ccc(Cl)cc3Cl)OC2=O)ccc1OC(=O)c1sc2cc(Cl)ccc2c1Cl. The number of hydrogen-bond donors (Lipinski definition) is 0. The molecular weight excluding hydrogens is 592 g/mol. The lowest BCUT2D eigenvalue weighted by molar-refractivity contribution is -0.129. The third kappa shape index (κ3) is 5.39. The van der Waals surface area contributed by atoms with E-state index in [1.165, 1.54) is 23.5 Å². The smallest absolute Gasteiger partial charge is 0.363 e. The Hall–Kier alpha value is -3.07. The fourth-order valence-corrected chi connectivity index (χ4v) is 5.78. The summed E-state index contributed by atoms with van der Waals surface area (Å²) in [6.07, 6.45) is 1.53. The Kier molecular flexibility index (Phi) is 7.66. The van der Waals surface area contributed by atoms with Crippen LogP contribution in [0.4, 0.5) is 0 Å². The van der Waals surface area contributed by atoms with Gasteiger partial charge in [-0.1, -0.05) is 58.5 Å². The number of aliphatic imine (C=N–C) groups is 1. The molecule has 6 nitrogen and oxygen atoms in total. The topological polar surface area (TPSA) is 74.2 Å². The zero-order chi connectivity index (χ0) is 27.0. The van der Waals surface area contributed by atoms with Crippen LogP contribution >= 0.6 is 57.7 Å². The minimum atomic E-state index is -0.640. The zero-order valence-corrected chi connectivity index (χ0v) is 23.2. The number of rotatable bonds is 6. The molecule has 1 aliphatic heterocycles. The monoisotopic (exact) mass is 605 g/mol. The molecule has 0 amide bonds. The van der Waals surface area contributed by atoms with E-state index >= 15 is 0 Å². The molecule has 0 N–H and O–H groups in total. The Balaban J connectivity index is 1.42. The van der Waals surface area contributed by atoms with Gasteiger partial charge in [0.2, 0.25) is 5.90 Å². The molecule has 11 heteroatoms. The second-order valence-corrected chi connectivity index (χ2v) is 10.6. The van der Waals surface area contributed by atoms with Crippen LogP contribution in [0.15, 0.2) is 65.3 Å². The predicted molar refractivity (Wildman–Crippen MR) is 151 cm³/mol. The number of fused-ring (bicyclic) bond motifs is 1. The maximum absolute atomic E-state index is 13.0. The summed E-state index contributed by atoms with van der Waals surface area (Å²) in [5.41, 5.74) is 1.07. The Morgan fingerprint density at radius 1 is 1.00 bits per heavy atom. The van der Waals surface area contributed by atoms with Crippen LogP contribution in [0.2, 0.25) is 20.1 Å². The van der Waals surface area contributed by atoms with E-state index in [0.717, 1.165) is 4.70 Å². The highest BCUT2D eigenvalue weighted by atomic mass is 35.5. The first-order valence-corrected chi connectivity index (χ1v) is 13.4. The second-order valence-electron chi connectivity index (χ2n) is 7.87. The minimum absolute atomic E-state index is 0.0638. The first-order chi connectivity index (χ1) is 18.2. The van der Waals surface area contributed by atoms with Crippen molar-refractivity contribution >= 4 is 91.7 Å². The Bertz CT molecular complexity index is 1680. The lowest BCUT2D eigenvalue weighted by Gasteiger charge is -2.11. The number of nitrogens with zero attached hydrogens (tertiary/aromatic N) is 1. The predicted octanol–water partition coefficient (Wildman–Crippen LogP) is 8.48. The number of esters is 2. The molecule has 0 saturated carbocycles. The summed E-state index contributed by atoms with van der Waals surface area (Å²) >= 11 is 25.8. The lowest BCUT2D eigenvalue weighted by atomic mass is 10.1. The van der Waals surface area contributed by atoms with Crippen LogP contribution in [0.3, 0.4) is 0 Å². The number of ether oxygens (including phenoxy) is 3. The number of thiophene rings is 1. The summed E-state index contributed by atoms with van der Waals surface area (Å²) in [6, 6.07) is 14.8. The van der Waals surface area contributed by atoms with E-state index in [2.05, 4.69) is 4.99 Å². The van der Waals surface area contributed by atoms with Crippen LogP contribution < -0.4 is 9.47 Å². The highest BCUT2D eigenvalue weighted by Crippen LogP contribution is 2.38. The first kappa shape index (κ1) is 26.5. The maximum atomic E-state index is 13.0. The van der Waals surface area contributed by atoms with Gasteiger partial charge in [-0.15, -0.1) is 11.3 Å². The van der Waals surface area contributed by atoms with Crippen LogP contribution in [0, 0.1) is 0 Å².